The Balaban J connectivity index is 1.95. The van der Waals surface area contributed by atoms with Crippen LogP contribution in [0.2, 0.25) is 0 Å². The van der Waals surface area contributed by atoms with E-state index < -0.39 is 10.9 Å². The van der Waals surface area contributed by atoms with E-state index >= 15 is 0 Å². The van der Waals surface area contributed by atoms with Crippen LogP contribution in [0.3, 0.4) is 0 Å². The van der Waals surface area contributed by atoms with Gasteiger partial charge in [0.25, 0.3) is 5.69 Å². The van der Waals surface area contributed by atoms with Crippen molar-refractivity contribution in [1.82, 2.24) is 0 Å². The summed E-state index contributed by atoms with van der Waals surface area (Å²) in [6.45, 7) is 1.45. The standard InChI is InChI=1S/C17H15NO5/c1-12(19)13-6-9-15(10-7-13)23-17(20)11-8-14-4-2-3-5-16(14)18(21)22/h2-7,9-10H,8,11H2,1H3. The fourth-order valence-corrected chi connectivity index (χ4v) is 2.08. The van der Waals surface area contributed by atoms with Gasteiger partial charge in [-0.2, -0.15) is 0 Å². The van der Waals surface area contributed by atoms with Crippen LogP contribution in [0.25, 0.3) is 0 Å². The third-order valence-electron chi connectivity index (χ3n) is 3.28. The average Bonchev–Trinajstić information content (AvgIpc) is 2.53. The quantitative estimate of drug-likeness (QED) is 0.268. The molecular weight excluding hydrogens is 298 g/mol. The lowest BCUT2D eigenvalue weighted by atomic mass is 10.1. The molecule has 23 heavy (non-hydrogen) atoms. The highest BCUT2D eigenvalue weighted by molar-refractivity contribution is 5.94. The van der Waals surface area contributed by atoms with Crippen LogP contribution in [0.15, 0.2) is 48.5 Å². The highest BCUT2D eigenvalue weighted by atomic mass is 16.6. The van der Waals surface area contributed by atoms with E-state index in [0.29, 0.717) is 16.9 Å². The van der Waals surface area contributed by atoms with Gasteiger partial charge < -0.3 is 4.74 Å². The first-order valence-corrected chi connectivity index (χ1v) is 7.01. The van der Waals surface area contributed by atoms with E-state index in [1.807, 2.05) is 0 Å². The molecule has 0 fully saturated rings. The third kappa shape index (κ3) is 4.47. The molecule has 2 rings (SSSR count). The Kier molecular flexibility index (Phi) is 5.19. The van der Waals surface area contributed by atoms with Crippen molar-refractivity contribution in [3.63, 3.8) is 0 Å². The molecular formula is C17H15NO5. The molecule has 118 valence electrons. The fourth-order valence-electron chi connectivity index (χ4n) is 2.08. The number of Topliss-reactive ketones (excluding diaryl/α,β-unsaturated/α-hetero) is 1. The largest absolute Gasteiger partial charge is 0.427 e. The summed E-state index contributed by atoms with van der Waals surface area (Å²) in [7, 11) is 0. The maximum Gasteiger partial charge on any atom is 0.311 e. The molecule has 0 heterocycles. The maximum atomic E-state index is 11.8. The Hall–Kier alpha value is -3.02. The molecule has 0 amide bonds. The molecule has 0 radical (unpaired) electrons. The van der Waals surface area contributed by atoms with Gasteiger partial charge in [-0.05, 0) is 37.6 Å². The molecule has 0 aliphatic carbocycles. The van der Waals surface area contributed by atoms with Crippen LogP contribution in [-0.4, -0.2) is 16.7 Å². The zero-order chi connectivity index (χ0) is 16.8. The fraction of sp³-hybridized carbons (Fsp3) is 0.176. The minimum absolute atomic E-state index is 0.00823. The molecule has 0 saturated heterocycles. The van der Waals surface area contributed by atoms with Crippen LogP contribution >= 0.6 is 0 Å². The SMILES string of the molecule is CC(=O)c1ccc(OC(=O)CCc2ccccc2[N+](=O)[O-])cc1. The van der Waals surface area contributed by atoms with Gasteiger partial charge in [-0.25, -0.2) is 0 Å². The molecule has 0 aliphatic heterocycles. The van der Waals surface area contributed by atoms with Crippen LogP contribution in [0.4, 0.5) is 5.69 Å². The lowest BCUT2D eigenvalue weighted by molar-refractivity contribution is -0.385. The van der Waals surface area contributed by atoms with Gasteiger partial charge in [-0.3, -0.25) is 19.7 Å². The molecule has 6 nitrogen and oxygen atoms in total. The number of hydrogen-bond donors (Lipinski definition) is 0. The Labute approximate surface area is 132 Å². The van der Waals surface area contributed by atoms with Crippen LogP contribution in [-0.2, 0) is 11.2 Å². The van der Waals surface area contributed by atoms with Gasteiger partial charge in [-0.1, -0.05) is 18.2 Å². The Morgan fingerprint density at radius 3 is 2.35 bits per heavy atom. The van der Waals surface area contributed by atoms with Crippen molar-refractivity contribution in [2.75, 3.05) is 0 Å². The number of nitrogens with zero attached hydrogens (tertiary/aromatic N) is 1. The number of carbonyl (C=O) groups excluding carboxylic acids is 2. The summed E-state index contributed by atoms with van der Waals surface area (Å²) < 4.78 is 5.15. The van der Waals surface area contributed by atoms with Crippen LogP contribution < -0.4 is 4.74 Å². The van der Waals surface area contributed by atoms with Crippen molar-refractivity contribution >= 4 is 17.4 Å². The van der Waals surface area contributed by atoms with Gasteiger partial charge in [0.1, 0.15) is 5.75 Å². The van der Waals surface area contributed by atoms with Gasteiger partial charge >= 0.3 is 5.97 Å². The van der Waals surface area contributed by atoms with Gasteiger partial charge in [-0.15, -0.1) is 0 Å². The molecule has 0 bridgehead atoms. The second-order valence-corrected chi connectivity index (χ2v) is 4.94. The number of aryl methyl sites for hydroxylation is 1. The van der Waals surface area contributed by atoms with Crippen LogP contribution in [0.1, 0.15) is 29.3 Å². The zero-order valence-corrected chi connectivity index (χ0v) is 12.5. The molecule has 6 heteroatoms. The number of ketones is 1. The van der Waals surface area contributed by atoms with E-state index in [1.54, 1.807) is 42.5 Å². The topological polar surface area (TPSA) is 86.5 Å². The molecule has 0 N–H and O–H groups in total. The minimum atomic E-state index is -0.487. The van der Waals surface area contributed by atoms with Crippen molar-refractivity contribution < 1.29 is 19.2 Å². The molecule has 0 aromatic heterocycles. The van der Waals surface area contributed by atoms with Crippen molar-refractivity contribution in [3.8, 4) is 5.75 Å². The first-order valence-electron chi connectivity index (χ1n) is 7.01. The lowest BCUT2D eigenvalue weighted by Gasteiger charge is -2.05. The smallest absolute Gasteiger partial charge is 0.311 e. The molecule has 2 aromatic carbocycles. The number of rotatable bonds is 6. The summed E-state index contributed by atoms with van der Waals surface area (Å²) in [6.07, 6.45) is 0.251. The predicted octanol–water partition coefficient (Wildman–Crippen LogP) is 3.34. The number of hydrogen-bond acceptors (Lipinski definition) is 5. The summed E-state index contributed by atoms with van der Waals surface area (Å²) >= 11 is 0. The highest BCUT2D eigenvalue weighted by Gasteiger charge is 2.14. The van der Waals surface area contributed by atoms with Gasteiger partial charge in [0, 0.05) is 17.2 Å². The first kappa shape index (κ1) is 16.4. The van der Waals surface area contributed by atoms with E-state index in [2.05, 4.69) is 0 Å². The Morgan fingerprint density at radius 2 is 1.74 bits per heavy atom. The van der Waals surface area contributed by atoms with E-state index in [4.69, 9.17) is 4.74 Å². The first-order chi connectivity index (χ1) is 11.0. The van der Waals surface area contributed by atoms with E-state index in [1.165, 1.54) is 13.0 Å². The summed E-state index contributed by atoms with van der Waals surface area (Å²) in [5, 5.41) is 10.9. The number of esters is 1. The van der Waals surface area contributed by atoms with Crippen LogP contribution in [0, 0.1) is 10.1 Å². The summed E-state index contributed by atoms with van der Waals surface area (Å²) in [4.78, 5) is 33.4. The molecule has 2 aromatic rings. The minimum Gasteiger partial charge on any atom is -0.427 e. The van der Waals surface area contributed by atoms with Gasteiger partial charge in [0.2, 0.25) is 0 Å². The predicted molar refractivity (Wildman–Crippen MR) is 83.5 cm³/mol. The molecule has 0 saturated carbocycles. The second-order valence-electron chi connectivity index (χ2n) is 4.94. The van der Waals surface area contributed by atoms with Crippen molar-refractivity contribution in [2.45, 2.75) is 19.8 Å². The number of ether oxygens (including phenoxy) is 1. The van der Waals surface area contributed by atoms with E-state index in [0.717, 1.165) is 0 Å². The highest BCUT2D eigenvalue weighted by Crippen LogP contribution is 2.20. The zero-order valence-electron chi connectivity index (χ0n) is 12.5. The number of nitro benzene ring substituents is 1. The molecule has 0 aliphatic rings. The second kappa shape index (κ2) is 7.31. The Bertz CT molecular complexity index is 737. The Morgan fingerprint density at radius 1 is 1.09 bits per heavy atom. The number of para-hydroxylation sites is 1. The monoisotopic (exact) mass is 313 g/mol. The molecule has 0 unspecified atom stereocenters. The van der Waals surface area contributed by atoms with Crippen molar-refractivity contribution in [2.24, 2.45) is 0 Å². The number of carbonyl (C=O) groups is 2. The number of benzene rings is 2. The van der Waals surface area contributed by atoms with Gasteiger partial charge in [0.15, 0.2) is 5.78 Å². The summed E-state index contributed by atoms with van der Waals surface area (Å²) in [5.41, 5.74) is 1.01. The van der Waals surface area contributed by atoms with E-state index in [9.17, 15) is 19.7 Å². The maximum absolute atomic E-state index is 11.8. The molecule has 0 spiro atoms. The molecule has 0 atom stereocenters. The average molecular weight is 313 g/mol. The van der Waals surface area contributed by atoms with Crippen molar-refractivity contribution in [3.05, 3.63) is 69.8 Å². The lowest BCUT2D eigenvalue weighted by Crippen LogP contribution is -2.09. The van der Waals surface area contributed by atoms with Crippen LogP contribution in [0.5, 0.6) is 5.75 Å². The van der Waals surface area contributed by atoms with Crippen molar-refractivity contribution in [1.29, 1.82) is 0 Å². The van der Waals surface area contributed by atoms with Gasteiger partial charge in [0.05, 0.1) is 11.3 Å². The summed E-state index contributed by atoms with van der Waals surface area (Å²) in [5.74, 6) is -0.222. The summed E-state index contributed by atoms with van der Waals surface area (Å²) in [6, 6.07) is 12.5. The van der Waals surface area contributed by atoms with E-state index in [-0.39, 0.29) is 24.3 Å². The number of nitro groups is 1. The third-order valence-corrected chi connectivity index (χ3v) is 3.28. The normalized spacial score (nSPS) is 10.1.